The van der Waals surface area contributed by atoms with Crippen LogP contribution in [0.4, 0.5) is 0 Å². The molecule has 1 N–H and O–H groups in total. The third kappa shape index (κ3) is 2.47. The zero-order valence-corrected chi connectivity index (χ0v) is 9.20. The number of rotatable bonds is 5. The number of likely N-dealkylation sites (tertiary alicyclic amines) is 1. The van der Waals surface area contributed by atoms with Crippen molar-refractivity contribution in [1.29, 1.82) is 0 Å². The van der Waals surface area contributed by atoms with Gasteiger partial charge in [-0.05, 0) is 32.2 Å². The maximum Gasteiger partial charge on any atom is 0.320 e. The van der Waals surface area contributed by atoms with Gasteiger partial charge in [0, 0.05) is 6.04 Å². The normalized spacial score (nSPS) is 25.1. The van der Waals surface area contributed by atoms with E-state index in [-0.39, 0.29) is 6.04 Å². The first-order valence-electron chi connectivity index (χ1n) is 5.69. The van der Waals surface area contributed by atoms with Gasteiger partial charge in [0.25, 0.3) is 0 Å². The quantitative estimate of drug-likeness (QED) is 0.737. The van der Waals surface area contributed by atoms with E-state index in [0.29, 0.717) is 6.04 Å². The van der Waals surface area contributed by atoms with Gasteiger partial charge >= 0.3 is 5.97 Å². The zero-order valence-electron chi connectivity index (χ0n) is 9.20. The summed E-state index contributed by atoms with van der Waals surface area (Å²) in [5.74, 6) is -0.657. The first-order valence-corrected chi connectivity index (χ1v) is 5.69. The summed E-state index contributed by atoms with van der Waals surface area (Å²) in [6.45, 7) is 5.09. The van der Waals surface area contributed by atoms with Gasteiger partial charge in [-0.1, -0.05) is 20.3 Å². The van der Waals surface area contributed by atoms with Crippen molar-refractivity contribution in [2.75, 3.05) is 6.54 Å². The van der Waals surface area contributed by atoms with E-state index in [1.165, 1.54) is 6.42 Å². The van der Waals surface area contributed by atoms with Gasteiger partial charge in [-0.2, -0.15) is 0 Å². The van der Waals surface area contributed by atoms with Crippen LogP contribution in [0.5, 0.6) is 0 Å². The van der Waals surface area contributed by atoms with Gasteiger partial charge in [0.2, 0.25) is 0 Å². The van der Waals surface area contributed by atoms with E-state index >= 15 is 0 Å². The second-order valence-electron chi connectivity index (χ2n) is 4.08. The molecule has 0 amide bonds. The summed E-state index contributed by atoms with van der Waals surface area (Å²) < 4.78 is 0. The predicted octanol–water partition coefficient (Wildman–Crippen LogP) is 2.11. The molecule has 1 rings (SSSR count). The summed E-state index contributed by atoms with van der Waals surface area (Å²) in [4.78, 5) is 13.2. The fourth-order valence-electron chi connectivity index (χ4n) is 2.46. The van der Waals surface area contributed by atoms with Gasteiger partial charge in [-0.3, -0.25) is 9.69 Å². The van der Waals surface area contributed by atoms with Gasteiger partial charge < -0.3 is 5.11 Å². The molecule has 82 valence electrons. The first-order chi connectivity index (χ1) is 6.70. The van der Waals surface area contributed by atoms with Gasteiger partial charge in [-0.25, -0.2) is 0 Å². The summed E-state index contributed by atoms with van der Waals surface area (Å²) in [6, 6.07) is 0.259. The van der Waals surface area contributed by atoms with E-state index in [1.54, 1.807) is 0 Å². The molecule has 1 saturated heterocycles. The maximum atomic E-state index is 11.0. The lowest BCUT2D eigenvalue weighted by molar-refractivity contribution is -0.143. The van der Waals surface area contributed by atoms with Crippen molar-refractivity contribution in [3.63, 3.8) is 0 Å². The molecule has 0 spiro atoms. The Hall–Kier alpha value is -0.570. The minimum Gasteiger partial charge on any atom is -0.480 e. The molecular weight excluding hydrogens is 178 g/mol. The summed E-state index contributed by atoms with van der Waals surface area (Å²) >= 11 is 0. The topological polar surface area (TPSA) is 40.5 Å². The number of carboxylic acids is 1. The summed E-state index contributed by atoms with van der Waals surface area (Å²) in [5.41, 5.74) is 0. The lowest BCUT2D eigenvalue weighted by Gasteiger charge is -2.29. The van der Waals surface area contributed by atoms with Crippen molar-refractivity contribution in [2.45, 2.75) is 58.0 Å². The third-order valence-corrected chi connectivity index (χ3v) is 3.12. The lowest BCUT2D eigenvalue weighted by Crippen LogP contribution is -2.43. The largest absolute Gasteiger partial charge is 0.480 e. The van der Waals surface area contributed by atoms with E-state index < -0.39 is 5.97 Å². The lowest BCUT2D eigenvalue weighted by atomic mass is 10.1. The Bertz CT molecular complexity index is 194. The van der Waals surface area contributed by atoms with Crippen molar-refractivity contribution in [1.82, 2.24) is 4.90 Å². The first kappa shape index (κ1) is 11.5. The molecule has 14 heavy (non-hydrogen) atoms. The fourth-order valence-corrected chi connectivity index (χ4v) is 2.46. The van der Waals surface area contributed by atoms with E-state index in [9.17, 15) is 4.79 Å². The molecule has 3 heteroatoms. The molecule has 0 aromatic heterocycles. The second-order valence-corrected chi connectivity index (χ2v) is 4.08. The van der Waals surface area contributed by atoms with Crippen LogP contribution in [-0.4, -0.2) is 34.6 Å². The molecule has 1 aliphatic rings. The zero-order chi connectivity index (χ0) is 10.6. The molecule has 0 aliphatic carbocycles. The van der Waals surface area contributed by atoms with Crippen LogP contribution in [0.3, 0.4) is 0 Å². The Morgan fingerprint density at radius 2 is 2.29 bits per heavy atom. The van der Waals surface area contributed by atoms with E-state index in [0.717, 1.165) is 32.2 Å². The van der Waals surface area contributed by atoms with Gasteiger partial charge in [0.1, 0.15) is 6.04 Å². The van der Waals surface area contributed by atoms with Crippen molar-refractivity contribution in [3.05, 3.63) is 0 Å². The number of carboxylic acid groups (broad SMARTS) is 1. The van der Waals surface area contributed by atoms with Crippen LogP contribution in [0.1, 0.15) is 46.0 Å². The minimum absolute atomic E-state index is 0.256. The van der Waals surface area contributed by atoms with Gasteiger partial charge in [0.15, 0.2) is 0 Å². The van der Waals surface area contributed by atoms with Crippen molar-refractivity contribution < 1.29 is 9.90 Å². The van der Waals surface area contributed by atoms with Crippen LogP contribution in [0.25, 0.3) is 0 Å². The standard InChI is InChI=1S/C11H21NO2/c1-3-6-9-7-5-8-12(9)10(4-2)11(13)14/h9-10H,3-8H2,1-2H3,(H,13,14). The highest BCUT2D eigenvalue weighted by Crippen LogP contribution is 2.24. The molecular formula is C11H21NO2. The third-order valence-electron chi connectivity index (χ3n) is 3.12. The molecule has 0 aromatic carbocycles. The number of nitrogens with zero attached hydrogens (tertiary/aromatic N) is 1. The summed E-state index contributed by atoms with van der Waals surface area (Å²) in [6.07, 6.45) is 5.35. The van der Waals surface area contributed by atoms with Gasteiger partial charge in [0.05, 0.1) is 0 Å². The van der Waals surface area contributed by atoms with Crippen LogP contribution >= 0.6 is 0 Å². The van der Waals surface area contributed by atoms with E-state index in [4.69, 9.17) is 5.11 Å². The Labute approximate surface area is 86.1 Å². The molecule has 1 fully saturated rings. The molecule has 1 aliphatic heterocycles. The predicted molar refractivity (Wildman–Crippen MR) is 56.4 cm³/mol. The number of aliphatic carboxylic acids is 1. The van der Waals surface area contributed by atoms with Crippen LogP contribution < -0.4 is 0 Å². The minimum atomic E-state index is -0.657. The van der Waals surface area contributed by atoms with Crippen molar-refractivity contribution in [3.8, 4) is 0 Å². The SMILES string of the molecule is CCCC1CCCN1C(CC)C(=O)O. The molecule has 0 aromatic rings. The van der Waals surface area contributed by atoms with E-state index in [1.807, 2.05) is 6.92 Å². The van der Waals surface area contributed by atoms with E-state index in [2.05, 4.69) is 11.8 Å². The maximum absolute atomic E-state index is 11.0. The highest BCUT2D eigenvalue weighted by molar-refractivity contribution is 5.73. The molecule has 0 bridgehead atoms. The Balaban J connectivity index is 2.59. The number of hydrogen-bond acceptors (Lipinski definition) is 2. The average molecular weight is 199 g/mol. The Morgan fingerprint density at radius 1 is 1.57 bits per heavy atom. The Morgan fingerprint density at radius 3 is 2.79 bits per heavy atom. The van der Waals surface area contributed by atoms with Gasteiger partial charge in [-0.15, -0.1) is 0 Å². The summed E-state index contributed by atoms with van der Waals surface area (Å²) in [5, 5.41) is 9.08. The fraction of sp³-hybridized carbons (Fsp3) is 0.909. The smallest absolute Gasteiger partial charge is 0.320 e. The molecule has 2 unspecified atom stereocenters. The average Bonchev–Trinajstić information content (AvgIpc) is 2.55. The molecule has 2 atom stereocenters. The van der Waals surface area contributed by atoms with Crippen LogP contribution in [-0.2, 0) is 4.79 Å². The molecule has 0 radical (unpaired) electrons. The van der Waals surface area contributed by atoms with Crippen molar-refractivity contribution >= 4 is 5.97 Å². The Kier molecular flexibility index (Phi) is 4.39. The number of hydrogen-bond donors (Lipinski definition) is 1. The van der Waals surface area contributed by atoms with Crippen molar-refractivity contribution in [2.24, 2.45) is 0 Å². The molecule has 3 nitrogen and oxygen atoms in total. The number of carbonyl (C=O) groups is 1. The summed E-state index contributed by atoms with van der Waals surface area (Å²) in [7, 11) is 0. The molecule has 0 saturated carbocycles. The second kappa shape index (κ2) is 5.35. The van der Waals surface area contributed by atoms with Crippen LogP contribution in [0.15, 0.2) is 0 Å². The highest BCUT2D eigenvalue weighted by atomic mass is 16.4. The highest BCUT2D eigenvalue weighted by Gasteiger charge is 2.32. The van der Waals surface area contributed by atoms with Crippen LogP contribution in [0.2, 0.25) is 0 Å². The monoisotopic (exact) mass is 199 g/mol. The molecule has 1 heterocycles. The van der Waals surface area contributed by atoms with Crippen LogP contribution in [0, 0.1) is 0 Å².